The van der Waals surface area contributed by atoms with Crippen LogP contribution in [0.4, 0.5) is 5.69 Å². The zero-order valence-electron chi connectivity index (χ0n) is 18.0. The van der Waals surface area contributed by atoms with Crippen LogP contribution < -0.4 is 19.1 Å². The summed E-state index contributed by atoms with van der Waals surface area (Å²) in [6.45, 7) is 2.22. The van der Waals surface area contributed by atoms with Gasteiger partial charge in [0.15, 0.2) is 6.61 Å². The van der Waals surface area contributed by atoms with E-state index in [4.69, 9.17) is 9.47 Å². The number of rotatable bonds is 10. The molecular formula is C24H26N2O5S. The lowest BCUT2D eigenvalue weighted by Crippen LogP contribution is -2.30. The number of nitrogens with zero attached hydrogens (tertiary/aromatic N) is 1. The number of sulfonamides is 1. The topological polar surface area (TPSA) is 84.9 Å². The summed E-state index contributed by atoms with van der Waals surface area (Å²) in [4.78, 5) is 12.4. The molecule has 0 aliphatic heterocycles. The van der Waals surface area contributed by atoms with Crippen LogP contribution >= 0.6 is 0 Å². The molecule has 0 saturated carbocycles. The molecule has 0 bridgehead atoms. The maximum atomic E-state index is 12.9. The van der Waals surface area contributed by atoms with Gasteiger partial charge in [-0.15, -0.1) is 0 Å². The summed E-state index contributed by atoms with van der Waals surface area (Å²) in [5, 5.41) is 2.79. The van der Waals surface area contributed by atoms with Gasteiger partial charge < -0.3 is 14.8 Å². The summed E-state index contributed by atoms with van der Waals surface area (Å²) >= 11 is 0. The number of hydrogen-bond acceptors (Lipinski definition) is 5. The van der Waals surface area contributed by atoms with Crippen molar-refractivity contribution in [2.45, 2.75) is 18.4 Å². The average molecular weight is 455 g/mol. The number of carbonyl (C=O) groups is 1. The second-order valence-corrected chi connectivity index (χ2v) is 8.72. The molecule has 3 aromatic rings. The molecule has 32 heavy (non-hydrogen) atoms. The van der Waals surface area contributed by atoms with Gasteiger partial charge in [0.1, 0.15) is 11.5 Å². The standard InChI is InChI=1S/C24H26N2O5S/c1-3-26(32(28,29)22-10-5-4-6-11-22)20-13-15-21(16-14-20)31-18-24(27)25-17-19-9-7-8-12-23(19)30-2/h4-16H,3,17-18H2,1-2H3,(H,25,27). The van der Waals surface area contributed by atoms with Gasteiger partial charge in [0.25, 0.3) is 15.9 Å². The minimum atomic E-state index is -3.66. The molecule has 1 N–H and O–H groups in total. The molecule has 3 rings (SSSR count). The number of benzene rings is 3. The Morgan fingerprint density at radius 2 is 1.59 bits per heavy atom. The lowest BCUT2D eigenvalue weighted by molar-refractivity contribution is -0.123. The fraction of sp³-hybridized carbons (Fsp3) is 0.208. The Hall–Kier alpha value is -3.52. The Labute approximate surface area is 188 Å². The predicted molar refractivity (Wildman–Crippen MR) is 123 cm³/mol. The van der Waals surface area contributed by atoms with Crippen LogP contribution in [0, 0.1) is 0 Å². The van der Waals surface area contributed by atoms with Crippen molar-refractivity contribution in [3.8, 4) is 11.5 Å². The first kappa shape index (κ1) is 23.1. The van der Waals surface area contributed by atoms with Gasteiger partial charge in [-0.2, -0.15) is 0 Å². The fourth-order valence-electron chi connectivity index (χ4n) is 3.16. The van der Waals surface area contributed by atoms with Crippen LogP contribution in [0.3, 0.4) is 0 Å². The number of ether oxygens (including phenoxy) is 2. The van der Waals surface area contributed by atoms with E-state index < -0.39 is 10.0 Å². The molecule has 0 spiro atoms. The van der Waals surface area contributed by atoms with Gasteiger partial charge in [0, 0.05) is 18.7 Å². The van der Waals surface area contributed by atoms with Crippen molar-refractivity contribution in [3.63, 3.8) is 0 Å². The predicted octanol–water partition coefficient (Wildman–Crippen LogP) is 3.61. The van der Waals surface area contributed by atoms with Crippen LogP contribution in [0.1, 0.15) is 12.5 Å². The Kier molecular flexibility index (Phi) is 7.72. The number of nitrogens with one attached hydrogen (secondary N) is 1. The Bertz CT molecular complexity index is 1130. The molecule has 0 aliphatic rings. The zero-order valence-corrected chi connectivity index (χ0v) is 18.8. The second-order valence-electron chi connectivity index (χ2n) is 6.85. The molecule has 8 heteroatoms. The van der Waals surface area contributed by atoms with Crippen molar-refractivity contribution in [1.29, 1.82) is 0 Å². The monoisotopic (exact) mass is 454 g/mol. The van der Waals surface area contributed by atoms with Crippen LogP contribution in [0.2, 0.25) is 0 Å². The maximum absolute atomic E-state index is 12.9. The molecule has 0 fully saturated rings. The first-order valence-corrected chi connectivity index (χ1v) is 11.6. The van der Waals surface area contributed by atoms with E-state index in [-0.39, 0.29) is 24.0 Å². The highest BCUT2D eigenvalue weighted by atomic mass is 32.2. The summed E-state index contributed by atoms with van der Waals surface area (Å²) in [7, 11) is -2.08. The molecule has 0 heterocycles. The van der Waals surface area contributed by atoms with Gasteiger partial charge in [0.2, 0.25) is 0 Å². The van der Waals surface area contributed by atoms with Crippen molar-refractivity contribution < 1.29 is 22.7 Å². The minimum Gasteiger partial charge on any atom is -0.496 e. The quantitative estimate of drug-likeness (QED) is 0.506. The average Bonchev–Trinajstić information content (AvgIpc) is 2.83. The lowest BCUT2D eigenvalue weighted by Gasteiger charge is -2.23. The van der Waals surface area contributed by atoms with Gasteiger partial charge in [0.05, 0.1) is 17.7 Å². The van der Waals surface area contributed by atoms with E-state index in [1.807, 2.05) is 24.3 Å². The van der Waals surface area contributed by atoms with Crippen LogP contribution in [0.25, 0.3) is 0 Å². The molecule has 0 radical (unpaired) electrons. The summed E-state index contributed by atoms with van der Waals surface area (Å²) in [6.07, 6.45) is 0. The highest BCUT2D eigenvalue weighted by Crippen LogP contribution is 2.25. The van der Waals surface area contributed by atoms with Crippen LogP contribution in [0.15, 0.2) is 83.8 Å². The molecule has 1 amide bonds. The molecule has 7 nitrogen and oxygen atoms in total. The van der Waals surface area contributed by atoms with E-state index in [0.29, 0.717) is 23.7 Å². The summed E-state index contributed by atoms with van der Waals surface area (Å²) in [5.74, 6) is 0.895. The van der Waals surface area contributed by atoms with E-state index in [2.05, 4.69) is 5.32 Å². The zero-order chi connectivity index (χ0) is 23.0. The van der Waals surface area contributed by atoms with Gasteiger partial charge in [-0.3, -0.25) is 9.10 Å². The number of anilines is 1. The number of para-hydroxylation sites is 1. The van der Waals surface area contributed by atoms with E-state index in [1.165, 1.54) is 4.31 Å². The number of amides is 1. The third-order valence-corrected chi connectivity index (χ3v) is 6.70. The van der Waals surface area contributed by atoms with E-state index in [0.717, 1.165) is 5.56 Å². The smallest absolute Gasteiger partial charge is 0.264 e. The molecule has 0 atom stereocenters. The Morgan fingerprint density at radius 1 is 0.938 bits per heavy atom. The molecule has 0 aromatic heterocycles. The summed E-state index contributed by atoms with van der Waals surface area (Å²) in [6, 6.07) is 22.3. The molecule has 0 saturated heterocycles. The lowest BCUT2D eigenvalue weighted by atomic mass is 10.2. The third kappa shape index (κ3) is 5.59. The van der Waals surface area contributed by atoms with Crippen LogP contribution in [-0.4, -0.2) is 34.6 Å². The van der Waals surface area contributed by atoms with Crippen molar-refractivity contribution in [1.82, 2.24) is 5.32 Å². The van der Waals surface area contributed by atoms with Gasteiger partial charge in [-0.1, -0.05) is 36.4 Å². The van der Waals surface area contributed by atoms with E-state index >= 15 is 0 Å². The van der Waals surface area contributed by atoms with Crippen LogP contribution in [-0.2, 0) is 21.4 Å². The number of hydrogen-bond donors (Lipinski definition) is 1. The molecule has 168 valence electrons. The first-order valence-electron chi connectivity index (χ1n) is 10.1. The van der Waals surface area contributed by atoms with Gasteiger partial charge in [-0.25, -0.2) is 8.42 Å². The van der Waals surface area contributed by atoms with Crippen LogP contribution in [0.5, 0.6) is 11.5 Å². The van der Waals surface area contributed by atoms with Gasteiger partial charge >= 0.3 is 0 Å². The second kappa shape index (κ2) is 10.7. The highest BCUT2D eigenvalue weighted by Gasteiger charge is 2.23. The minimum absolute atomic E-state index is 0.158. The third-order valence-electron chi connectivity index (χ3n) is 4.78. The number of carbonyl (C=O) groups excluding carboxylic acids is 1. The molecular weight excluding hydrogens is 428 g/mol. The molecule has 0 unspecified atom stereocenters. The Balaban J connectivity index is 1.59. The van der Waals surface area contributed by atoms with Gasteiger partial charge in [-0.05, 0) is 49.4 Å². The SMILES string of the molecule is CCN(c1ccc(OCC(=O)NCc2ccccc2OC)cc1)S(=O)(=O)c1ccccc1. The fourth-order valence-corrected chi connectivity index (χ4v) is 4.66. The number of methoxy groups -OCH3 is 1. The molecule has 0 aliphatic carbocycles. The van der Waals surface area contributed by atoms with Crippen molar-refractivity contribution in [2.24, 2.45) is 0 Å². The van der Waals surface area contributed by atoms with Crippen molar-refractivity contribution >= 4 is 21.6 Å². The van der Waals surface area contributed by atoms with E-state index in [1.54, 1.807) is 68.6 Å². The molecule has 3 aromatic carbocycles. The van der Waals surface area contributed by atoms with Crippen molar-refractivity contribution in [3.05, 3.63) is 84.4 Å². The Morgan fingerprint density at radius 3 is 2.25 bits per heavy atom. The van der Waals surface area contributed by atoms with Crippen molar-refractivity contribution in [2.75, 3.05) is 24.6 Å². The highest BCUT2D eigenvalue weighted by molar-refractivity contribution is 7.92. The largest absolute Gasteiger partial charge is 0.496 e. The normalized spacial score (nSPS) is 10.9. The summed E-state index contributed by atoms with van der Waals surface area (Å²) in [5.41, 5.74) is 1.39. The first-order chi connectivity index (χ1) is 15.5. The maximum Gasteiger partial charge on any atom is 0.264 e. The van der Waals surface area contributed by atoms with E-state index in [9.17, 15) is 13.2 Å². The summed E-state index contributed by atoms with van der Waals surface area (Å²) < 4.78 is 38.0.